The van der Waals surface area contributed by atoms with E-state index in [9.17, 15) is 4.39 Å². The lowest BCUT2D eigenvalue weighted by atomic mass is 10.0. The van der Waals surface area contributed by atoms with Crippen molar-refractivity contribution in [3.8, 4) is 0 Å². The fraction of sp³-hybridized carbons (Fsp3) is 0.545. The maximum absolute atomic E-state index is 12.8. The quantitative estimate of drug-likeness (QED) is 0.702. The molecule has 0 amide bonds. The van der Waals surface area contributed by atoms with Crippen LogP contribution in [0.5, 0.6) is 0 Å². The van der Waals surface area contributed by atoms with Gasteiger partial charge in [0.15, 0.2) is 0 Å². The zero-order chi connectivity index (χ0) is 10.6. The minimum atomic E-state index is -0.279. The summed E-state index contributed by atoms with van der Waals surface area (Å²) < 4.78 is 12.8. The van der Waals surface area contributed by atoms with Gasteiger partial charge in [-0.2, -0.15) is 0 Å². The van der Waals surface area contributed by atoms with Gasteiger partial charge in [0.25, 0.3) is 0 Å². The Morgan fingerprint density at radius 2 is 2.14 bits per heavy atom. The normalized spacial score (nSPS) is 13.2. The van der Waals surface area contributed by atoms with Crippen molar-refractivity contribution in [2.24, 2.45) is 5.92 Å². The molecule has 0 aromatic carbocycles. The summed E-state index contributed by atoms with van der Waals surface area (Å²) in [7, 11) is 0. The van der Waals surface area contributed by atoms with Crippen molar-refractivity contribution in [2.45, 2.75) is 32.1 Å². The fourth-order valence-electron chi connectivity index (χ4n) is 1.23. The average molecular weight is 216 g/mol. The van der Waals surface area contributed by atoms with Crippen LogP contribution < -0.4 is 0 Å². The Bertz CT molecular complexity index is 288. The number of aryl methyl sites for hydroxylation is 1. The molecule has 0 aliphatic rings. The van der Waals surface area contributed by atoms with Crippen molar-refractivity contribution in [1.82, 2.24) is 4.98 Å². The van der Waals surface area contributed by atoms with Crippen LogP contribution in [0.2, 0.25) is 0 Å². The molecule has 78 valence electrons. The van der Waals surface area contributed by atoms with E-state index < -0.39 is 0 Å². The summed E-state index contributed by atoms with van der Waals surface area (Å²) in [6.07, 6.45) is 4.55. The van der Waals surface area contributed by atoms with Crippen LogP contribution in [-0.4, -0.2) is 10.4 Å². The van der Waals surface area contributed by atoms with Crippen LogP contribution in [-0.2, 0) is 6.42 Å². The van der Waals surface area contributed by atoms with Gasteiger partial charge in [0, 0.05) is 11.6 Å². The van der Waals surface area contributed by atoms with Gasteiger partial charge in [-0.25, -0.2) is 4.39 Å². The molecule has 14 heavy (non-hydrogen) atoms. The molecule has 1 nitrogen and oxygen atoms in total. The third-order valence-corrected chi connectivity index (χ3v) is 2.92. The predicted octanol–water partition coefficient (Wildman–Crippen LogP) is 3.42. The lowest BCUT2D eigenvalue weighted by Crippen LogP contribution is -2.08. The minimum absolute atomic E-state index is 0.151. The van der Waals surface area contributed by atoms with Crippen LogP contribution in [0.3, 0.4) is 0 Å². The third-order valence-electron chi connectivity index (χ3n) is 2.19. The second-order valence-electron chi connectivity index (χ2n) is 3.81. The summed E-state index contributed by atoms with van der Waals surface area (Å²) in [4.78, 5) is 3.79. The minimum Gasteiger partial charge on any atom is -0.261 e. The van der Waals surface area contributed by atoms with Gasteiger partial charge >= 0.3 is 0 Å². The maximum Gasteiger partial charge on any atom is 0.141 e. The molecule has 1 rings (SSSR count). The molecule has 3 heteroatoms. The second-order valence-corrected chi connectivity index (χ2v) is 4.37. The fourth-order valence-corrected chi connectivity index (χ4v) is 1.34. The van der Waals surface area contributed by atoms with Gasteiger partial charge in [0.1, 0.15) is 5.82 Å². The van der Waals surface area contributed by atoms with Crippen LogP contribution in [0.1, 0.15) is 25.8 Å². The summed E-state index contributed by atoms with van der Waals surface area (Å²) in [6.45, 7) is 4.17. The average Bonchev–Trinajstić information content (AvgIpc) is 2.14. The monoisotopic (exact) mass is 215 g/mol. The Kier molecular flexibility index (Phi) is 4.33. The first-order valence-electron chi connectivity index (χ1n) is 4.83. The predicted molar refractivity (Wildman–Crippen MR) is 57.0 cm³/mol. The smallest absolute Gasteiger partial charge is 0.141 e. The standard InChI is InChI=1S/C11H15ClFN/c1-8(2)11(12)4-3-9-5-10(13)7-14-6-9/h5-8,11H,3-4H2,1-2H3. The van der Waals surface area contributed by atoms with Crippen molar-refractivity contribution >= 4 is 11.6 Å². The summed E-state index contributed by atoms with van der Waals surface area (Å²) in [5, 5.41) is 0.151. The molecule has 1 aromatic rings. The number of rotatable bonds is 4. The Hall–Kier alpha value is -0.630. The largest absolute Gasteiger partial charge is 0.261 e. The number of halogens is 2. The van der Waals surface area contributed by atoms with Gasteiger partial charge in [0.2, 0.25) is 0 Å². The van der Waals surface area contributed by atoms with Crippen LogP contribution in [0.25, 0.3) is 0 Å². The molecular formula is C11H15ClFN. The second kappa shape index (κ2) is 5.30. The highest BCUT2D eigenvalue weighted by molar-refractivity contribution is 6.20. The third kappa shape index (κ3) is 3.62. The Labute approximate surface area is 89.3 Å². The highest BCUT2D eigenvalue weighted by Crippen LogP contribution is 2.16. The Morgan fingerprint density at radius 3 is 2.71 bits per heavy atom. The molecule has 1 atom stereocenters. The van der Waals surface area contributed by atoms with Gasteiger partial charge in [-0.15, -0.1) is 11.6 Å². The summed E-state index contributed by atoms with van der Waals surface area (Å²) >= 11 is 6.09. The number of alkyl halides is 1. The molecule has 0 saturated carbocycles. The van der Waals surface area contributed by atoms with Gasteiger partial charge < -0.3 is 0 Å². The topological polar surface area (TPSA) is 12.9 Å². The van der Waals surface area contributed by atoms with E-state index in [1.165, 1.54) is 12.3 Å². The van der Waals surface area contributed by atoms with Crippen molar-refractivity contribution < 1.29 is 4.39 Å². The van der Waals surface area contributed by atoms with Crippen LogP contribution in [0.4, 0.5) is 4.39 Å². The molecule has 0 spiro atoms. The Balaban J connectivity index is 2.45. The van der Waals surface area contributed by atoms with Crippen LogP contribution in [0, 0.1) is 11.7 Å². The van der Waals surface area contributed by atoms with Crippen LogP contribution >= 0.6 is 11.6 Å². The first-order valence-corrected chi connectivity index (χ1v) is 5.26. The zero-order valence-corrected chi connectivity index (χ0v) is 9.26. The SMILES string of the molecule is CC(C)C(Cl)CCc1cncc(F)c1. The Morgan fingerprint density at radius 1 is 1.43 bits per heavy atom. The van der Waals surface area contributed by atoms with E-state index in [2.05, 4.69) is 18.8 Å². The highest BCUT2D eigenvalue weighted by atomic mass is 35.5. The van der Waals surface area contributed by atoms with Gasteiger partial charge in [-0.1, -0.05) is 13.8 Å². The molecule has 1 heterocycles. The van der Waals surface area contributed by atoms with Crippen molar-refractivity contribution in [2.75, 3.05) is 0 Å². The van der Waals surface area contributed by atoms with E-state index >= 15 is 0 Å². The molecular weight excluding hydrogens is 201 g/mol. The summed E-state index contributed by atoms with van der Waals surface area (Å²) in [5.41, 5.74) is 0.913. The maximum atomic E-state index is 12.8. The van der Waals surface area contributed by atoms with E-state index in [0.717, 1.165) is 18.4 Å². The lowest BCUT2D eigenvalue weighted by Gasteiger charge is -2.12. The van der Waals surface area contributed by atoms with E-state index in [-0.39, 0.29) is 11.2 Å². The molecule has 1 aromatic heterocycles. The first-order chi connectivity index (χ1) is 6.59. The van der Waals surface area contributed by atoms with E-state index in [1.807, 2.05) is 0 Å². The lowest BCUT2D eigenvalue weighted by molar-refractivity contribution is 0.562. The molecule has 0 saturated heterocycles. The molecule has 0 N–H and O–H groups in total. The zero-order valence-electron chi connectivity index (χ0n) is 8.50. The van der Waals surface area contributed by atoms with Crippen molar-refractivity contribution in [3.63, 3.8) is 0 Å². The molecule has 0 fully saturated rings. The molecule has 0 aliphatic carbocycles. The molecule has 0 bridgehead atoms. The molecule has 0 radical (unpaired) electrons. The van der Waals surface area contributed by atoms with E-state index in [0.29, 0.717) is 5.92 Å². The number of hydrogen-bond donors (Lipinski definition) is 0. The number of hydrogen-bond acceptors (Lipinski definition) is 1. The number of aromatic nitrogens is 1. The van der Waals surface area contributed by atoms with E-state index in [1.54, 1.807) is 6.20 Å². The van der Waals surface area contributed by atoms with Gasteiger partial charge in [-0.3, -0.25) is 4.98 Å². The molecule has 0 aliphatic heterocycles. The van der Waals surface area contributed by atoms with Crippen molar-refractivity contribution in [1.29, 1.82) is 0 Å². The van der Waals surface area contributed by atoms with Gasteiger partial charge in [-0.05, 0) is 30.4 Å². The van der Waals surface area contributed by atoms with Crippen molar-refractivity contribution in [3.05, 3.63) is 29.8 Å². The molecule has 1 unspecified atom stereocenters. The first kappa shape index (κ1) is 11.4. The summed E-state index contributed by atoms with van der Waals surface area (Å²) in [5.74, 6) is 0.177. The van der Waals surface area contributed by atoms with Gasteiger partial charge in [0.05, 0.1) is 6.20 Å². The van der Waals surface area contributed by atoms with E-state index in [4.69, 9.17) is 11.6 Å². The summed E-state index contributed by atoms with van der Waals surface area (Å²) in [6, 6.07) is 1.51. The highest BCUT2D eigenvalue weighted by Gasteiger charge is 2.09. The number of pyridine rings is 1. The number of nitrogens with zero attached hydrogens (tertiary/aromatic N) is 1. The van der Waals surface area contributed by atoms with Crippen LogP contribution in [0.15, 0.2) is 18.5 Å².